The van der Waals surface area contributed by atoms with E-state index in [4.69, 9.17) is 5.73 Å². The predicted octanol–water partition coefficient (Wildman–Crippen LogP) is -0.789. The van der Waals surface area contributed by atoms with Crippen LogP contribution >= 0.6 is 0 Å². The van der Waals surface area contributed by atoms with E-state index in [1.54, 1.807) is 0 Å². The standard InChI is InChI=1S/C15H22N4O4/c1-4-5-8-19(10-12(16)20)13(21)7-6-11-9-17(2)15(23)18(3)14(11)22/h6-7,9H,4-5,8,10H2,1-3H3,(H2,16,20)/b7-6+. The van der Waals surface area contributed by atoms with Crippen molar-refractivity contribution in [2.24, 2.45) is 19.8 Å². The van der Waals surface area contributed by atoms with Crippen LogP contribution in [0, 0.1) is 0 Å². The number of aromatic nitrogens is 2. The van der Waals surface area contributed by atoms with Gasteiger partial charge in [0.2, 0.25) is 11.8 Å². The molecule has 0 atom stereocenters. The Morgan fingerprint density at radius 1 is 1.30 bits per heavy atom. The first-order chi connectivity index (χ1) is 10.8. The summed E-state index contributed by atoms with van der Waals surface area (Å²) in [6.45, 7) is 2.21. The van der Waals surface area contributed by atoms with E-state index in [1.165, 1.54) is 41.9 Å². The molecular formula is C15H22N4O4. The topological polar surface area (TPSA) is 107 Å². The molecule has 0 radical (unpaired) electrons. The van der Waals surface area contributed by atoms with E-state index >= 15 is 0 Å². The Morgan fingerprint density at radius 2 is 1.96 bits per heavy atom. The Labute approximate surface area is 133 Å². The van der Waals surface area contributed by atoms with E-state index in [1.807, 2.05) is 6.92 Å². The number of nitrogens with two attached hydrogens (primary N) is 1. The number of amides is 2. The van der Waals surface area contributed by atoms with Gasteiger partial charge in [-0.2, -0.15) is 0 Å². The molecule has 1 rings (SSSR count). The van der Waals surface area contributed by atoms with Crippen LogP contribution < -0.4 is 17.0 Å². The number of unbranched alkanes of at least 4 members (excludes halogenated alkanes) is 1. The molecule has 0 saturated heterocycles. The lowest BCUT2D eigenvalue weighted by Crippen LogP contribution is -2.38. The fourth-order valence-corrected chi connectivity index (χ4v) is 2.02. The number of carbonyl (C=O) groups excluding carboxylic acids is 2. The fourth-order valence-electron chi connectivity index (χ4n) is 2.02. The second-order valence-corrected chi connectivity index (χ2v) is 5.26. The van der Waals surface area contributed by atoms with Gasteiger partial charge in [-0.15, -0.1) is 0 Å². The second-order valence-electron chi connectivity index (χ2n) is 5.26. The quantitative estimate of drug-likeness (QED) is 0.664. The van der Waals surface area contributed by atoms with E-state index < -0.39 is 23.1 Å². The summed E-state index contributed by atoms with van der Waals surface area (Å²) in [6.07, 6.45) is 5.52. The molecule has 23 heavy (non-hydrogen) atoms. The highest BCUT2D eigenvalue weighted by Gasteiger charge is 2.13. The molecule has 1 aromatic rings. The molecule has 0 unspecified atom stereocenters. The molecule has 1 aromatic heterocycles. The maximum atomic E-state index is 12.2. The van der Waals surface area contributed by atoms with Gasteiger partial charge in [-0.3, -0.25) is 19.0 Å². The zero-order valence-corrected chi connectivity index (χ0v) is 13.6. The molecule has 0 bridgehead atoms. The summed E-state index contributed by atoms with van der Waals surface area (Å²) in [7, 11) is 2.88. The van der Waals surface area contributed by atoms with Crippen molar-refractivity contribution in [3.63, 3.8) is 0 Å². The molecule has 0 spiro atoms. The first-order valence-electron chi connectivity index (χ1n) is 7.29. The minimum absolute atomic E-state index is 0.172. The minimum atomic E-state index is -0.596. The van der Waals surface area contributed by atoms with E-state index in [0.29, 0.717) is 6.54 Å². The lowest BCUT2D eigenvalue weighted by Gasteiger charge is -2.19. The number of hydrogen-bond donors (Lipinski definition) is 1. The molecule has 0 aliphatic rings. The molecule has 0 aromatic carbocycles. The Morgan fingerprint density at radius 3 is 2.52 bits per heavy atom. The highest BCUT2D eigenvalue weighted by Crippen LogP contribution is 1.99. The number of carbonyl (C=O) groups is 2. The third-order valence-electron chi connectivity index (χ3n) is 3.32. The smallest absolute Gasteiger partial charge is 0.330 e. The zero-order valence-electron chi connectivity index (χ0n) is 13.6. The first-order valence-corrected chi connectivity index (χ1v) is 7.29. The summed E-state index contributed by atoms with van der Waals surface area (Å²) in [5.41, 5.74) is 4.41. The van der Waals surface area contributed by atoms with Crippen LogP contribution in [-0.4, -0.2) is 38.9 Å². The van der Waals surface area contributed by atoms with Gasteiger partial charge in [0.1, 0.15) is 0 Å². The van der Waals surface area contributed by atoms with Crippen molar-refractivity contribution in [3.8, 4) is 0 Å². The number of aryl methyl sites for hydroxylation is 1. The van der Waals surface area contributed by atoms with Gasteiger partial charge in [0.25, 0.3) is 5.56 Å². The molecule has 0 aliphatic heterocycles. The van der Waals surface area contributed by atoms with Crippen LogP contribution in [0.4, 0.5) is 0 Å². The van der Waals surface area contributed by atoms with Crippen LogP contribution in [0.5, 0.6) is 0 Å². The zero-order chi connectivity index (χ0) is 17.6. The Hall–Kier alpha value is -2.64. The molecule has 8 nitrogen and oxygen atoms in total. The van der Waals surface area contributed by atoms with Crippen molar-refractivity contribution in [2.75, 3.05) is 13.1 Å². The highest BCUT2D eigenvalue weighted by atomic mass is 16.2. The van der Waals surface area contributed by atoms with Crippen LogP contribution in [0.3, 0.4) is 0 Å². The molecule has 2 N–H and O–H groups in total. The van der Waals surface area contributed by atoms with Gasteiger partial charge >= 0.3 is 5.69 Å². The lowest BCUT2D eigenvalue weighted by atomic mass is 10.2. The van der Waals surface area contributed by atoms with Crippen LogP contribution in [-0.2, 0) is 23.7 Å². The average Bonchev–Trinajstić information content (AvgIpc) is 2.50. The summed E-state index contributed by atoms with van der Waals surface area (Å²) in [4.78, 5) is 48.1. The van der Waals surface area contributed by atoms with Crippen molar-refractivity contribution in [1.29, 1.82) is 0 Å². The fraction of sp³-hybridized carbons (Fsp3) is 0.467. The molecule has 2 amide bonds. The van der Waals surface area contributed by atoms with Gasteiger partial charge < -0.3 is 15.2 Å². The second kappa shape index (κ2) is 8.11. The normalized spacial score (nSPS) is 10.9. The van der Waals surface area contributed by atoms with Crippen LogP contribution in [0.25, 0.3) is 6.08 Å². The van der Waals surface area contributed by atoms with Crippen LogP contribution in [0.1, 0.15) is 25.3 Å². The van der Waals surface area contributed by atoms with Gasteiger partial charge in [0.15, 0.2) is 0 Å². The summed E-state index contributed by atoms with van der Waals surface area (Å²) in [6, 6.07) is 0. The summed E-state index contributed by atoms with van der Waals surface area (Å²) in [5.74, 6) is -1.01. The number of hydrogen-bond acceptors (Lipinski definition) is 4. The van der Waals surface area contributed by atoms with Crippen LogP contribution in [0.2, 0.25) is 0 Å². The molecule has 0 aliphatic carbocycles. The number of nitrogens with zero attached hydrogens (tertiary/aromatic N) is 3. The Kier molecular flexibility index (Phi) is 6.49. The lowest BCUT2D eigenvalue weighted by molar-refractivity contribution is -0.131. The van der Waals surface area contributed by atoms with Crippen molar-refractivity contribution >= 4 is 17.9 Å². The summed E-state index contributed by atoms with van der Waals surface area (Å²) >= 11 is 0. The van der Waals surface area contributed by atoms with Crippen LogP contribution in [0.15, 0.2) is 21.9 Å². The number of rotatable bonds is 7. The van der Waals surface area contributed by atoms with Crippen molar-refractivity contribution < 1.29 is 9.59 Å². The highest BCUT2D eigenvalue weighted by molar-refractivity contribution is 5.94. The molecular weight excluding hydrogens is 300 g/mol. The van der Waals surface area contributed by atoms with Gasteiger partial charge in [-0.25, -0.2) is 4.79 Å². The van der Waals surface area contributed by atoms with Gasteiger partial charge in [-0.05, 0) is 12.5 Å². The molecule has 0 fully saturated rings. The molecule has 0 saturated carbocycles. The first kappa shape index (κ1) is 18.4. The van der Waals surface area contributed by atoms with E-state index in [9.17, 15) is 19.2 Å². The third kappa shape index (κ3) is 4.94. The van der Waals surface area contributed by atoms with E-state index in [0.717, 1.165) is 17.4 Å². The maximum absolute atomic E-state index is 12.2. The van der Waals surface area contributed by atoms with Crippen molar-refractivity contribution in [2.45, 2.75) is 19.8 Å². The number of primary amides is 1. The van der Waals surface area contributed by atoms with Crippen molar-refractivity contribution in [3.05, 3.63) is 38.7 Å². The summed E-state index contributed by atoms with van der Waals surface area (Å²) in [5, 5.41) is 0. The van der Waals surface area contributed by atoms with E-state index in [-0.39, 0.29) is 12.1 Å². The SMILES string of the molecule is CCCCN(CC(N)=O)C(=O)/C=C/c1cn(C)c(=O)n(C)c1=O. The van der Waals surface area contributed by atoms with E-state index in [2.05, 4.69) is 0 Å². The summed E-state index contributed by atoms with van der Waals surface area (Å²) < 4.78 is 2.21. The average molecular weight is 322 g/mol. The monoisotopic (exact) mass is 322 g/mol. The maximum Gasteiger partial charge on any atom is 0.330 e. The molecule has 1 heterocycles. The predicted molar refractivity (Wildman–Crippen MR) is 86.6 cm³/mol. The Balaban J connectivity index is 3.02. The van der Waals surface area contributed by atoms with Gasteiger partial charge in [-0.1, -0.05) is 13.3 Å². The van der Waals surface area contributed by atoms with Crippen molar-refractivity contribution in [1.82, 2.24) is 14.0 Å². The largest absolute Gasteiger partial charge is 0.368 e. The molecule has 8 heteroatoms. The molecule has 126 valence electrons. The Bertz CT molecular complexity index is 730. The van der Waals surface area contributed by atoms with Gasteiger partial charge in [0.05, 0.1) is 12.1 Å². The van der Waals surface area contributed by atoms with Gasteiger partial charge in [0, 0.05) is 32.9 Å². The minimum Gasteiger partial charge on any atom is -0.368 e. The third-order valence-corrected chi connectivity index (χ3v) is 3.32.